The molecular formula is C17H25N3O3. The maximum Gasteiger partial charge on any atom is 0.261 e. The predicted molar refractivity (Wildman–Crippen MR) is 88.6 cm³/mol. The summed E-state index contributed by atoms with van der Waals surface area (Å²) >= 11 is 0. The predicted octanol–water partition coefficient (Wildman–Crippen LogP) is 1.40. The maximum absolute atomic E-state index is 12.1. The van der Waals surface area contributed by atoms with Crippen molar-refractivity contribution in [2.24, 2.45) is 5.92 Å². The van der Waals surface area contributed by atoms with Gasteiger partial charge < -0.3 is 19.7 Å². The molecule has 1 heterocycles. The number of carbonyl (C=O) groups is 1. The molecule has 0 radical (unpaired) electrons. The van der Waals surface area contributed by atoms with Gasteiger partial charge in [0.2, 0.25) is 0 Å². The number of carbonyl (C=O) groups excluding carboxylic acids is 1. The highest BCUT2D eigenvalue weighted by atomic mass is 16.5. The van der Waals surface area contributed by atoms with Gasteiger partial charge in [-0.3, -0.25) is 4.79 Å². The third kappa shape index (κ3) is 5.23. The molecule has 0 aliphatic rings. The lowest BCUT2D eigenvalue weighted by atomic mass is 10.1. The van der Waals surface area contributed by atoms with Crippen molar-refractivity contribution in [3.8, 4) is 6.07 Å². The number of aromatic nitrogens is 1. The van der Waals surface area contributed by atoms with E-state index in [2.05, 4.69) is 9.88 Å². The lowest BCUT2D eigenvalue weighted by molar-refractivity contribution is -0.117. The summed E-state index contributed by atoms with van der Waals surface area (Å²) in [4.78, 5) is 12.1. The van der Waals surface area contributed by atoms with E-state index in [1.54, 1.807) is 13.2 Å². The Morgan fingerprint density at radius 2 is 2.26 bits per heavy atom. The molecule has 0 aliphatic heterocycles. The molecule has 1 rings (SSSR count). The minimum atomic E-state index is -0.422. The second kappa shape index (κ2) is 9.13. The van der Waals surface area contributed by atoms with Crippen molar-refractivity contribution in [2.75, 3.05) is 26.9 Å². The Bertz CT molecular complexity index is 611. The van der Waals surface area contributed by atoms with Gasteiger partial charge in [-0.1, -0.05) is 6.92 Å². The van der Waals surface area contributed by atoms with Crippen LogP contribution in [0.2, 0.25) is 0 Å². The lowest BCUT2D eigenvalue weighted by Gasteiger charge is -2.09. The number of rotatable bonds is 8. The van der Waals surface area contributed by atoms with Crippen molar-refractivity contribution >= 4 is 12.0 Å². The molecule has 1 aromatic rings. The third-order valence-corrected chi connectivity index (χ3v) is 3.72. The summed E-state index contributed by atoms with van der Waals surface area (Å²) in [6, 6.07) is 3.89. The molecule has 126 valence electrons. The van der Waals surface area contributed by atoms with E-state index in [1.807, 2.05) is 32.9 Å². The van der Waals surface area contributed by atoms with E-state index in [0.29, 0.717) is 13.2 Å². The SMILES string of the molecule is COCCn1c(C)cc(/C=C(/C#N)C(=O)NCC(C)CO)c1C. The lowest BCUT2D eigenvalue weighted by Crippen LogP contribution is -2.30. The van der Waals surface area contributed by atoms with E-state index in [9.17, 15) is 10.1 Å². The second-order valence-electron chi connectivity index (χ2n) is 5.64. The Kier molecular flexibility index (Phi) is 7.52. The molecule has 0 saturated carbocycles. The average Bonchev–Trinajstić information content (AvgIpc) is 2.81. The number of ether oxygens (including phenoxy) is 1. The van der Waals surface area contributed by atoms with Crippen molar-refractivity contribution in [3.63, 3.8) is 0 Å². The average molecular weight is 319 g/mol. The standard InChI is InChI=1S/C17H25N3O3/c1-12(11-21)10-19-17(22)16(9-18)8-15-7-13(2)20(14(15)3)5-6-23-4/h7-8,12,21H,5-6,10-11H2,1-4H3,(H,19,22)/b16-8-. The van der Waals surface area contributed by atoms with Gasteiger partial charge >= 0.3 is 0 Å². The number of methoxy groups -OCH3 is 1. The first-order chi connectivity index (χ1) is 10.9. The highest BCUT2D eigenvalue weighted by Crippen LogP contribution is 2.18. The van der Waals surface area contributed by atoms with Gasteiger partial charge in [0.1, 0.15) is 11.6 Å². The van der Waals surface area contributed by atoms with E-state index in [-0.39, 0.29) is 18.1 Å². The number of nitrogens with zero attached hydrogens (tertiary/aromatic N) is 2. The summed E-state index contributed by atoms with van der Waals surface area (Å²) in [6.07, 6.45) is 1.60. The van der Waals surface area contributed by atoms with Gasteiger partial charge in [-0.15, -0.1) is 0 Å². The first-order valence-corrected chi connectivity index (χ1v) is 7.61. The van der Waals surface area contributed by atoms with Crippen LogP contribution < -0.4 is 5.32 Å². The van der Waals surface area contributed by atoms with Gasteiger partial charge in [-0.25, -0.2) is 0 Å². The highest BCUT2D eigenvalue weighted by molar-refractivity contribution is 6.01. The van der Waals surface area contributed by atoms with Gasteiger partial charge in [0.15, 0.2) is 0 Å². The van der Waals surface area contributed by atoms with E-state index < -0.39 is 5.91 Å². The molecule has 0 bridgehead atoms. The maximum atomic E-state index is 12.1. The Morgan fingerprint density at radius 1 is 1.57 bits per heavy atom. The molecule has 6 heteroatoms. The summed E-state index contributed by atoms with van der Waals surface area (Å²) < 4.78 is 7.19. The molecule has 1 amide bonds. The molecule has 0 spiro atoms. The van der Waals surface area contributed by atoms with E-state index >= 15 is 0 Å². The Morgan fingerprint density at radius 3 is 2.83 bits per heavy atom. The van der Waals surface area contributed by atoms with Crippen molar-refractivity contribution < 1.29 is 14.6 Å². The summed E-state index contributed by atoms with van der Waals surface area (Å²) in [6.45, 7) is 7.41. The van der Waals surface area contributed by atoms with Crippen LogP contribution in [0.25, 0.3) is 6.08 Å². The highest BCUT2D eigenvalue weighted by Gasteiger charge is 2.13. The van der Waals surface area contributed by atoms with Crippen LogP contribution in [-0.4, -0.2) is 42.4 Å². The molecular weight excluding hydrogens is 294 g/mol. The van der Waals surface area contributed by atoms with E-state index in [4.69, 9.17) is 9.84 Å². The van der Waals surface area contributed by atoms with E-state index in [1.165, 1.54) is 0 Å². The van der Waals surface area contributed by atoms with Gasteiger partial charge in [-0.05, 0) is 37.5 Å². The first kappa shape index (κ1) is 18.9. The number of nitrogens with one attached hydrogen (secondary N) is 1. The van der Waals surface area contributed by atoms with Gasteiger partial charge in [0.25, 0.3) is 5.91 Å². The smallest absolute Gasteiger partial charge is 0.261 e. The minimum absolute atomic E-state index is 0.00741. The van der Waals surface area contributed by atoms with Crippen molar-refractivity contribution in [1.82, 2.24) is 9.88 Å². The molecule has 6 nitrogen and oxygen atoms in total. The largest absolute Gasteiger partial charge is 0.396 e. The van der Waals surface area contributed by atoms with Crippen molar-refractivity contribution in [1.29, 1.82) is 5.26 Å². The summed E-state index contributed by atoms with van der Waals surface area (Å²) in [7, 11) is 1.65. The number of hydrogen-bond donors (Lipinski definition) is 2. The van der Waals surface area contributed by atoms with Crippen LogP contribution in [0.15, 0.2) is 11.6 Å². The third-order valence-electron chi connectivity index (χ3n) is 3.72. The molecule has 0 aliphatic carbocycles. The molecule has 0 aromatic carbocycles. The Labute approximate surface area is 137 Å². The molecule has 2 N–H and O–H groups in total. The molecule has 0 saturated heterocycles. The fourth-order valence-electron chi connectivity index (χ4n) is 2.23. The topological polar surface area (TPSA) is 87.3 Å². The minimum Gasteiger partial charge on any atom is -0.396 e. The molecule has 1 aromatic heterocycles. The Balaban J connectivity index is 2.94. The fraction of sp³-hybridized carbons (Fsp3) is 0.529. The van der Waals surface area contributed by atoms with Crippen LogP contribution >= 0.6 is 0 Å². The van der Waals surface area contributed by atoms with Gasteiger partial charge in [-0.2, -0.15) is 5.26 Å². The second-order valence-corrected chi connectivity index (χ2v) is 5.64. The van der Waals surface area contributed by atoms with Crippen LogP contribution in [0.5, 0.6) is 0 Å². The Hall–Kier alpha value is -2.10. The molecule has 1 unspecified atom stereocenters. The van der Waals surface area contributed by atoms with Gasteiger partial charge in [0, 0.05) is 38.2 Å². The zero-order valence-electron chi connectivity index (χ0n) is 14.2. The summed E-state index contributed by atoms with van der Waals surface area (Å²) in [5.74, 6) is -0.465. The van der Waals surface area contributed by atoms with Crippen LogP contribution in [-0.2, 0) is 16.1 Å². The normalized spacial score (nSPS) is 12.8. The molecule has 1 atom stereocenters. The quantitative estimate of drug-likeness (QED) is 0.560. The molecule has 0 fully saturated rings. The number of nitriles is 1. The monoisotopic (exact) mass is 319 g/mol. The van der Waals surface area contributed by atoms with Crippen molar-refractivity contribution in [2.45, 2.75) is 27.3 Å². The number of amides is 1. The van der Waals surface area contributed by atoms with Crippen LogP contribution in [0, 0.1) is 31.1 Å². The summed E-state index contributed by atoms with van der Waals surface area (Å²) in [5, 5.41) is 20.9. The zero-order chi connectivity index (χ0) is 17.4. The fourth-order valence-corrected chi connectivity index (χ4v) is 2.23. The van der Waals surface area contributed by atoms with Crippen LogP contribution in [0.1, 0.15) is 23.9 Å². The van der Waals surface area contributed by atoms with Crippen LogP contribution in [0.3, 0.4) is 0 Å². The van der Waals surface area contributed by atoms with E-state index in [0.717, 1.165) is 23.5 Å². The number of aryl methyl sites for hydroxylation is 1. The number of hydrogen-bond acceptors (Lipinski definition) is 4. The number of aliphatic hydroxyl groups is 1. The van der Waals surface area contributed by atoms with Crippen molar-refractivity contribution in [3.05, 3.63) is 28.6 Å². The first-order valence-electron chi connectivity index (χ1n) is 7.61. The van der Waals surface area contributed by atoms with Gasteiger partial charge in [0.05, 0.1) is 6.61 Å². The zero-order valence-corrected chi connectivity index (χ0v) is 14.2. The molecule has 23 heavy (non-hydrogen) atoms. The summed E-state index contributed by atoms with van der Waals surface area (Å²) in [5.41, 5.74) is 2.95. The van der Waals surface area contributed by atoms with Crippen LogP contribution in [0.4, 0.5) is 0 Å². The number of aliphatic hydroxyl groups excluding tert-OH is 1.